The number of pyridine rings is 1. The number of aromatic nitrogens is 1. The summed E-state index contributed by atoms with van der Waals surface area (Å²) in [5, 5.41) is 9.59. The van der Waals surface area contributed by atoms with Crippen LogP contribution in [0.3, 0.4) is 0 Å². The molecule has 2 saturated heterocycles. The van der Waals surface area contributed by atoms with Crippen LogP contribution in [0.15, 0.2) is 24.4 Å². The van der Waals surface area contributed by atoms with Crippen molar-refractivity contribution >= 4 is 32.5 Å². The Morgan fingerprint density at radius 1 is 1.19 bits per heavy atom. The lowest BCUT2D eigenvalue weighted by Crippen LogP contribution is -2.50. The number of hydrogen-bond donors (Lipinski definition) is 0. The lowest BCUT2D eigenvalue weighted by Gasteiger charge is -2.36. The number of piperazine rings is 1. The number of carbonyl (C=O) groups excluding carboxylic acids is 1. The fourth-order valence-electron chi connectivity index (χ4n) is 4.53. The third-order valence-corrected chi connectivity index (χ3v) is 7.64. The van der Waals surface area contributed by atoms with Gasteiger partial charge in [-0.1, -0.05) is 0 Å². The second kappa shape index (κ2) is 9.00. The number of rotatable bonds is 4. The molecule has 0 saturated carbocycles. The molecule has 10 heteroatoms. The number of nitriles is 1. The largest absolute Gasteiger partial charge is 0.370 e. The van der Waals surface area contributed by atoms with E-state index in [2.05, 4.69) is 16.0 Å². The number of piperidine rings is 1. The summed E-state index contributed by atoms with van der Waals surface area (Å²) in [5.41, 5.74) is 1.68. The monoisotopic (exact) mass is 459 g/mol. The molecular weight excluding hydrogens is 433 g/mol. The molecule has 3 heterocycles. The van der Waals surface area contributed by atoms with Gasteiger partial charge in [0.2, 0.25) is 10.0 Å². The molecule has 2 fully saturated rings. The Hall–Kier alpha value is -2.77. The Labute approximate surface area is 187 Å². The second-order valence-corrected chi connectivity index (χ2v) is 10.4. The molecule has 170 valence electrons. The molecule has 1 amide bonds. The minimum Gasteiger partial charge on any atom is -0.370 e. The minimum atomic E-state index is -3.30. The highest BCUT2D eigenvalue weighted by molar-refractivity contribution is 7.88. The zero-order chi connectivity index (χ0) is 22.9. The summed E-state index contributed by atoms with van der Waals surface area (Å²) in [6, 6.07) is 6.60. The van der Waals surface area contributed by atoms with E-state index in [0.29, 0.717) is 47.6 Å². The normalized spacial score (nSPS) is 18.7. The van der Waals surface area contributed by atoms with Gasteiger partial charge < -0.3 is 9.80 Å². The van der Waals surface area contributed by atoms with Crippen molar-refractivity contribution in [3.8, 4) is 6.07 Å². The third-order valence-electron chi connectivity index (χ3n) is 6.34. The number of amides is 1. The van der Waals surface area contributed by atoms with Crippen molar-refractivity contribution < 1.29 is 17.6 Å². The van der Waals surface area contributed by atoms with Crippen molar-refractivity contribution in [2.24, 2.45) is 5.92 Å². The van der Waals surface area contributed by atoms with Crippen LogP contribution in [-0.4, -0.2) is 74.0 Å². The standard InChI is InChI=1S/C22H26FN5O3S/c1-32(30,31)28-12-10-27(11-13-28)22(29)19-15-25-20-3-2-17(23)14-18(20)21(19)26-8-5-16(4-7-24)6-9-26/h2-3,14-16H,4-6,8-13H2,1H3. The maximum Gasteiger partial charge on any atom is 0.257 e. The van der Waals surface area contributed by atoms with Crippen LogP contribution in [0.25, 0.3) is 10.9 Å². The number of sulfonamides is 1. The first-order chi connectivity index (χ1) is 15.3. The highest BCUT2D eigenvalue weighted by Crippen LogP contribution is 2.34. The summed E-state index contributed by atoms with van der Waals surface area (Å²) in [7, 11) is -3.30. The molecule has 32 heavy (non-hydrogen) atoms. The quantitative estimate of drug-likeness (QED) is 0.696. The Morgan fingerprint density at radius 3 is 2.50 bits per heavy atom. The van der Waals surface area contributed by atoms with Crippen molar-refractivity contribution in [2.75, 3.05) is 50.4 Å². The Balaban J connectivity index is 1.66. The zero-order valence-electron chi connectivity index (χ0n) is 18.0. The van der Waals surface area contributed by atoms with E-state index < -0.39 is 15.8 Å². The summed E-state index contributed by atoms with van der Waals surface area (Å²) in [6.45, 7) is 2.41. The highest BCUT2D eigenvalue weighted by Gasteiger charge is 2.31. The zero-order valence-corrected chi connectivity index (χ0v) is 18.8. The van der Waals surface area contributed by atoms with Crippen LogP contribution in [0.4, 0.5) is 10.1 Å². The average molecular weight is 460 g/mol. The molecule has 0 spiro atoms. The van der Waals surface area contributed by atoms with Crippen molar-refractivity contribution in [2.45, 2.75) is 19.3 Å². The Kier molecular flexibility index (Phi) is 6.31. The first-order valence-electron chi connectivity index (χ1n) is 10.7. The summed E-state index contributed by atoms with van der Waals surface area (Å²) < 4.78 is 39.1. The maximum absolute atomic E-state index is 14.1. The maximum atomic E-state index is 14.1. The van der Waals surface area contributed by atoms with Crippen molar-refractivity contribution in [1.82, 2.24) is 14.2 Å². The van der Waals surface area contributed by atoms with Gasteiger partial charge in [-0.2, -0.15) is 9.57 Å². The van der Waals surface area contributed by atoms with Crippen molar-refractivity contribution in [1.29, 1.82) is 5.26 Å². The molecule has 0 bridgehead atoms. The topological polar surface area (TPSA) is 97.6 Å². The number of benzene rings is 1. The van der Waals surface area contributed by atoms with Gasteiger partial charge in [0.15, 0.2) is 0 Å². The predicted octanol–water partition coefficient (Wildman–Crippen LogP) is 2.22. The summed E-state index contributed by atoms with van der Waals surface area (Å²) >= 11 is 0. The lowest BCUT2D eigenvalue weighted by molar-refractivity contribution is 0.0698. The Morgan fingerprint density at radius 2 is 1.88 bits per heavy atom. The fourth-order valence-corrected chi connectivity index (χ4v) is 5.36. The smallest absolute Gasteiger partial charge is 0.257 e. The molecule has 0 N–H and O–H groups in total. The molecule has 2 aromatic rings. The molecule has 2 aliphatic heterocycles. The highest BCUT2D eigenvalue weighted by atomic mass is 32.2. The minimum absolute atomic E-state index is 0.231. The molecule has 4 rings (SSSR count). The number of halogens is 1. The van der Waals surface area contributed by atoms with Gasteiger partial charge in [0.1, 0.15) is 5.82 Å². The van der Waals surface area contributed by atoms with E-state index in [1.165, 1.54) is 22.7 Å². The van der Waals surface area contributed by atoms with Gasteiger partial charge in [0.05, 0.1) is 29.1 Å². The number of nitrogens with zero attached hydrogens (tertiary/aromatic N) is 5. The van der Waals surface area contributed by atoms with Crippen LogP contribution < -0.4 is 4.90 Å². The van der Waals surface area contributed by atoms with Gasteiger partial charge in [0.25, 0.3) is 5.91 Å². The third kappa shape index (κ3) is 4.54. The second-order valence-electron chi connectivity index (χ2n) is 8.43. The average Bonchev–Trinajstić information content (AvgIpc) is 2.78. The molecular formula is C22H26FN5O3S. The van der Waals surface area contributed by atoms with E-state index in [1.807, 2.05) is 0 Å². The van der Waals surface area contributed by atoms with E-state index in [0.717, 1.165) is 12.8 Å². The van der Waals surface area contributed by atoms with Crippen LogP contribution in [-0.2, 0) is 10.0 Å². The molecule has 0 aliphatic carbocycles. The molecule has 1 aromatic carbocycles. The lowest BCUT2D eigenvalue weighted by atomic mass is 9.93. The summed E-state index contributed by atoms with van der Waals surface area (Å²) in [4.78, 5) is 21.6. The molecule has 0 unspecified atom stereocenters. The summed E-state index contributed by atoms with van der Waals surface area (Å²) in [5.74, 6) is -0.304. The molecule has 0 radical (unpaired) electrons. The summed E-state index contributed by atoms with van der Waals surface area (Å²) in [6.07, 6.45) is 4.87. The number of carbonyl (C=O) groups is 1. The van der Waals surface area contributed by atoms with Crippen LogP contribution in [0.1, 0.15) is 29.6 Å². The van der Waals surface area contributed by atoms with Crippen LogP contribution in [0.2, 0.25) is 0 Å². The van der Waals surface area contributed by atoms with E-state index in [-0.39, 0.29) is 32.1 Å². The van der Waals surface area contributed by atoms with Gasteiger partial charge >= 0.3 is 0 Å². The van der Waals surface area contributed by atoms with Crippen LogP contribution in [0.5, 0.6) is 0 Å². The van der Waals surface area contributed by atoms with Gasteiger partial charge in [0, 0.05) is 57.3 Å². The van der Waals surface area contributed by atoms with Crippen LogP contribution in [0, 0.1) is 23.1 Å². The van der Waals surface area contributed by atoms with E-state index >= 15 is 0 Å². The van der Waals surface area contributed by atoms with Crippen LogP contribution >= 0.6 is 0 Å². The van der Waals surface area contributed by atoms with Gasteiger partial charge in [-0.3, -0.25) is 9.78 Å². The van der Waals surface area contributed by atoms with Crippen molar-refractivity contribution in [3.63, 3.8) is 0 Å². The van der Waals surface area contributed by atoms with E-state index in [1.54, 1.807) is 17.2 Å². The first kappa shape index (κ1) is 22.4. The first-order valence-corrected chi connectivity index (χ1v) is 12.6. The molecule has 1 aromatic heterocycles. The Bertz CT molecular complexity index is 1160. The van der Waals surface area contributed by atoms with E-state index in [9.17, 15) is 17.6 Å². The van der Waals surface area contributed by atoms with Gasteiger partial charge in [-0.25, -0.2) is 12.8 Å². The van der Waals surface area contributed by atoms with Gasteiger partial charge in [-0.15, -0.1) is 0 Å². The van der Waals surface area contributed by atoms with E-state index in [4.69, 9.17) is 5.26 Å². The number of hydrogen-bond acceptors (Lipinski definition) is 6. The van der Waals surface area contributed by atoms with Gasteiger partial charge in [-0.05, 0) is 37.0 Å². The SMILES string of the molecule is CS(=O)(=O)N1CCN(C(=O)c2cnc3ccc(F)cc3c2N2CCC(CC#N)CC2)CC1. The number of fused-ring (bicyclic) bond motifs is 1. The fraction of sp³-hybridized carbons (Fsp3) is 0.500. The molecule has 2 aliphatic rings. The number of anilines is 1. The molecule has 8 nitrogen and oxygen atoms in total. The van der Waals surface area contributed by atoms with Crippen molar-refractivity contribution in [3.05, 3.63) is 35.8 Å². The molecule has 0 atom stereocenters. The predicted molar refractivity (Wildman–Crippen MR) is 119 cm³/mol.